The highest BCUT2D eigenvalue weighted by molar-refractivity contribution is 6.22. The van der Waals surface area contributed by atoms with Gasteiger partial charge in [0.25, 0.3) is 0 Å². The lowest BCUT2D eigenvalue weighted by Crippen LogP contribution is -2.10. The van der Waals surface area contributed by atoms with Gasteiger partial charge in [-0.15, -0.1) is 0 Å². The Labute approximate surface area is 114 Å². The molecule has 1 heterocycles. The van der Waals surface area contributed by atoms with E-state index in [1.807, 2.05) is 0 Å². The number of hydrogen-bond acceptors (Lipinski definition) is 2. The third-order valence-corrected chi connectivity index (χ3v) is 3.71. The van der Waals surface area contributed by atoms with Crippen LogP contribution in [-0.4, -0.2) is 7.69 Å². The minimum Gasteiger partial charge on any atom is -0.526 e. The van der Waals surface area contributed by atoms with Crippen molar-refractivity contribution in [3.8, 4) is 22.6 Å². The van der Waals surface area contributed by atoms with E-state index < -0.39 is 0 Å². The summed E-state index contributed by atoms with van der Waals surface area (Å²) in [5.74, 6) is 1.79. The topological polar surface area (TPSA) is 18.5 Å². The highest BCUT2D eigenvalue weighted by Gasteiger charge is 2.24. The van der Waals surface area contributed by atoms with Crippen LogP contribution in [0, 0.1) is 27.7 Å². The molecular weight excluding hydrogens is 235 g/mol. The molecule has 0 unspecified atom stereocenters. The van der Waals surface area contributed by atoms with Crippen molar-refractivity contribution >= 4 is 7.69 Å². The first kappa shape index (κ1) is 12.2. The van der Waals surface area contributed by atoms with Crippen molar-refractivity contribution in [1.29, 1.82) is 0 Å². The second-order valence-corrected chi connectivity index (χ2v) is 5.14. The van der Waals surface area contributed by atoms with Crippen molar-refractivity contribution in [2.45, 2.75) is 27.7 Å². The van der Waals surface area contributed by atoms with Crippen LogP contribution in [0.5, 0.6) is 11.5 Å². The number of rotatable bonds is 0. The van der Waals surface area contributed by atoms with E-state index in [1.54, 1.807) is 0 Å². The fraction of sp³-hybridized carbons (Fsp3) is 0.250. The van der Waals surface area contributed by atoms with Crippen LogP contribution in [0.1, 0.15) is 22.3 Å². The molecule has 1 aliphatic rings. The Hall–Kier alpha value is -1.90. The van der Waals surface area contributed by atoms with Crippen molar-refractivity contribution < 1.29 is 9.31 Å². The molecule has 0 aromatic heterocycles. The summed E-state index contributed by atoms with van der Waals surface area (Å²) < 4.78 is 11.4. The van der Waals surface area contributed by atoms with Gasteiger partial charge in [-0.2, -0.15) is 0 Å². The second kappa shape index (κ2) is 4.34. The predicted octanol–water partition coefficient (Wildman–Crippen LogP) is 3.89. The van der Waals surface area contributed by atoms with Gasteiger partial charge in [-0.3, -0.25) is 0 Å². The average Bonchev–Trinajstić information content (AvgIpc) is 2.60. The minimum absolute atomic E-state index is 0.896. The largest absolute Gasteiger partial charge is 0.658 e. The van der Waals surface area contributed by atoms with Crippen molar-refractivity contribution in [1.82, 2.24) is 0 Å². The van der Waals surface area contributed by atoms with Crippen LogP contribution in [0.4, 0.5) is 0 Å². The summed E-state index contributed by atoms with van der Waals surface area (Å²) in [7, 11) is 1.43. The van der Waals surface area contributed by atoms with Gasteiger partial charge in [0, 0.05) is 11.1 Å². The smallest absolute Gasteiger partial charge is 0.526 e. The van der Waals surface area contributed by atoms with E-state index in [0.717, 1.165) is 33.8 Å². The fourth-order valence-corrected chi connectivity index (χ4v) is 2.62. The fourth-order valence-electron chi connectivity index (χ4n) is 2.62. The van der Waals surface area contributed by atoms with Crippen molar-refractivity contribution in [2.75, 3.05) is 0 Å². The zero-order chi connectivity index (χ0) is 13.6. The molecule has 19 heavy (non-hydrogen) atoms. The Kier molecular flexibility index (Phi) is 2.77. The van der Waals surface area contributed by atoms with Crippen LogP contribution in [-0.2, 0) is 0 Å². The lowest BCUT2D eigenvalue weighted by atomic mass is 9.91. The van der Waals surface area contributed by atoms with Crippen LogP contribution in [0.2, 0.25) is 0 Å². The lowest BCUT2D eigenvalue weighted by Gasteiger charge is -2.16. The molecule has 3 heteroatoms. The van der Waals surface area contributed by atoms with Gasteiger partial charge in [0.05, 0.1) is 0 Å². The summed E-state index contributed by atoms with van der Waals surface area (Å²) in [6.45, 7) is 8.33. The van der Waals surface area contributed by atoms with E-state index in [0.29, 0.717) is 0 Å². The van der Waals surface area contributed by atoms with Crippen LogP contribution < -0.4 is 9.31 Å². The number of aryl methyl sites for hydroxylation is 4. The molecule has 2 nitrogen and oxygen atoms in total. The SMILES string of the molecule is Cc1ccc(C)c2c1O[B]Oc1c(C)ccc(C)c1-2. The van der Waals surface area contributed by atoms with Gasteiger partial charge >= 0.3 is 7.69 Å². The van der Waals surface area contributed by atoms with Gasteiger partial charge in [-0.1, -0.05) is 24.3 Å². The first-order valence-corrected chi connectivity index (χ1v) is 6.45. The summed E-state index contributed by atoms with van der Waals surface area (Å²) in [5, 5.41) is 0. The third kappa shape index (κ3) is 1.81. The molecule has 2 aromatic carbocycles. The van der Waals surface area contributed by atoms with E-state index >= 15 is 0 Å². The Bertz CT molecular complexity index is 605. The number of benzene rings is 2. The highest BCUT2D eigenvalue weighted by Crippen LogP contribution is 2.45. The van der Waals surface area contributed by atoms with E-state index in [9.17, 15) is 0 Å². The van der Waals surface area contributed by atoms with Gasteiger partial charge in [-0.25, -0.2) is 0 Å². The molecule has 1 aliphatic heterocycles. The molecule has 0 spiro atoms. The average molecular weight is 251 g/mol. The van der Waals surface area contributed by atoms with Crippen molar-refractivity contribution in [3.05, 3.63) is 46.5 Å². The molecule has 0 saturated heterocycles. The first-order chi connectivity index (χ1) is 9.09. The maximum atomic E-state index is 5.71. The van der Waals surface area contributed by atoms with E-state index in [-0.39, 0.29) is 0 Å². The summed E-state index contributed by atoms with van der Waals surface area (Å²) in [4.78, 5) is 0. The van der Waals surface area contributed by atoms with E-state index in [2.05, 4.69) is 52.0 Å². The molecule has 0 N–H and O–H groups in total. The van der Waals surface area contributed by atoms with Crippen LogP contribution in [0.15, 0.2) is 24.3 Å². The zero-order valence-electron chi connectivity index (χ0n) is 11.7. The van der Waals surface area contributed by atoms with Crippen LogP contribution >= 0.6 is 0 Å². The first-order valence-electron chi connectivity index (χ1n) is 6.45. The monoisotopic (exact) mass is 251 g/mol. The van der Waals surface area contributed by atoms with Gasteiger partial charge in [0.15, 0.2) is 0 Å². The number of hydrogen-bond donors (Lipinski definition) is 0. The Morgan fingerprint density at radius 1 is 0.632 bits per heavy atom. The number of fused-ring (bicyclic) bond motifs is 3. The summed E-state index contributed by atoms with van der Waals surface area (Å²) in [6.07, 6.45) is 0. The Morgan fingerprint density at radius 3 is 1.42 bits per heavy atom. The maximum Gasteiger partial charge on any atom is 0.658 e. The molecule has 3 rings (SSSR count). The zero-order valence-corrected chi connectivity index (χ0v) is 11.7. The summed E-state index contributed by atoms with van der Waals surface area (Å²) in [6, 6.07) is 8.43. The molecule has 95 valence electrons. The van der Waals surface area contributed by atoms with Gasteiger partial charge in [0.1, 0.15) is 11.5 Å². The third-order valence-electron chi connectivity index (χ3n) is 3.71. The minimum atomic E-state index is 0.896. The molecule has 0 atom stereocenters. The normalized spacial score (nSPS) is 12.4. The van der Waals surface area contributed by atoms with Gasteiger partial charge in [-0.05, 0) is 49.9 Å². The molecule has 0 fully saturated rings. The van der Waals surface area contributed by atoms with Gasteiger partial charge in [0.2, 0.25) is 0 Å². The van der Waals surface area contributed by atoms with Crippen LogP contribution in [0.3, 0.4) is 0 Å². The van der Waals surface area contributed by atoms with E-state index in [1.165, 1.54) is 18.8 Å². The molecule has 1 radical (unpaired) electrons. The Morgan fingerprint density at radius 2 is 1.00 bits per heavy atom. The molecule has 0 amide bonds. The van der Waals surface area contributed by atoms with Crippen LogP contribution in [0.25, 0.3) is 11.1 Å². The quantitative estimate of drug-likeness (QED) is 0.661. The lowest BCUT2D eigenvalue weighted by molar-refractivity contribution is 0.464. The highest BCUT2D eigenvalue weighted by atomic mass is 16.6. The molecule has 0 aliphatic carbocycles. The second-order valence-electron chi connectivity index (χ2n) is 5.14. The molecular formula is C16H16BO2. The van der Waals surface area contributed by atoms with Crippen molar-refractivity contribution in [2.24, 2.45) is 0 Å². The maximum absolute atomic E-state index is 5.71. The predicted molar refractivity (Wildman–Crippen MR) is 77.8 cm³/mol. The molecule has 0 saturated carbocycles. The molecule has 2 aromatic rings. The standard InChI is InChI=1S/C16H16BO2/c1-9-5-7-11(3)15-13(9)14-10(2)6-8-12(4)16(14)19-17-18-15/h5-8H,1-4H3. The Balaban J connectivity index is 2.43. The summed E-state index contributed by atoms with van der Waals surface area (Å²) >= 11 is 0. The van der Waals surface area contributed by atoms with Gasteiger partial charge < -0.3 is 9.31 Å². The van der Waals surface area contributed by atoms with E-state index in [4.69, 9.17) is 9.31 Å². The molecule has 0 bridgehead atoms. The summed E-state index contributed by atoms with van der Waals surface area (Å²) in [5.41, 5.74) is 6.93. The van der Waals surface area contributed by atoms with Crippen molar-refractivity contribution in [3.63, 3.8) is 0 Å².